The van der Waals surface area contributed by atoms with Crippen molar-refractivity contribution in [3.8, 4) is 22.8 Å². The maximum atomic E-state index is 11.2. The van der Waals surface area contributed by atoms with Gasteiger partial charge in [0.05, 0.1) is 13.3 Å². The van der Waals surface area contributed by atoms with Crippen molar-refractivity contribution in [2.75, 3.05) is 13.7 Å². The Morgan fingerprint density at radius 1 is 1.07 bits per heavy atom. The number of oxazole rings is 1. The molecule has 0 unspecified atom stereocenters. The number of ether oxygens (including phenoxy) is 3. The molecule has 0 saturated heterocycles. The summed E-state index contributed by atoms with van der Waals surface area (Å²) in [6.45, 7) is 8.09. The number of hydrogen-bond donors (Lipinski definition) is 0. The Bertz CT molecular complexity index is 931. The fourth-order valence-electron chi connectivity index (χ4n) is 2.63. The van der Waals surface area contributed by atoms with Gasteiger partial charge in [0.15, 0.2) is 19.0 Å². The van der Waals surface area contributed by atoms with Crippen molar-refractivity contribution in [2.45, 2.75) is 40.7 Å². The normalized spacial score (nSPS) is 10.0. The van der Waals surface area contributed by atoms with Crippen molar-refractivity contribution in [3.05, 3.63) is 65.7 Å². The quantitative estimate of drug-likeness (QED) is 0.464. The van der Waals surface area contributed by atoms with Gasteiger partial charge >= 0.3 is 5.97 Å². The predicted octanol–water partition coefficient (Wildman–Crippen LogP) is 5.37. The van der Waals surface area contributed by atoms with Gasteiger partial charge < -0.3 is 18.6 Å². The van der Waals surface area contributed by atoms with E-state index in [1.807, 2.05) is 39.0 Å². The molecule has 0 N–H and O–H groups in total. The second-order valence-corrected chi connectivity index (χ2v) is 6.25. The maximum absolute atomic E-state index is 11.2. The lowest BCUT2D eigenvalue weighted by Gasteiger charge is -2.10. The molecule has 0 spiro atoms. The molecule has 2 aromatic carbocycles. The molecule has 1 aromatic heterocycles. The lowest BCUT2D eigenvalue weighted by molar-refractivity contribution is -0.142. The highest BCUT2D eigenvalue weighted by atomic mass is 16.6. The van der Waals surface area contributed by atoms with Crippen molar-refractivity contribution in [2.24, 2.45) is 0 Å². The van der Waals surface area contributed by atoms with Crippen LogP contribution < -0.4 is 9.47 Å². The molecule has 0 fully saturated rings. The second kappa shape index (κ2) is 11.7. The van der Waals surface area contributed by atoms with Crippen LogP contribution in [0.25, 0.3) is 11.3 Å². The number of benzene rings is 2. The predicted molar refractivity (Wildman–Crippen MR) is 116 cm³/mol. The molecular formula is C24H29NO5. The van der Waals surface area contributed by atoms with Crippen LogP contribution in [0.15, 0.2) is 53.1 Å². The van der Waals surface area contributed by atoms with E-state index in [2.05, 4.69) is 28.8 Å². The zero-order valence-electron chi connectivity index (χ0n) is 18.2. The van der Waals surface area contributed by atoms with Crippen molar-refractivity contribution >= 4 is 5.97 Å². The van der Waals surface area contributed by atoms with Crippen LogP contribution >= 0.6 is 0 Å². The van der Waals surface area contributed by atoms with Gasteiger partial charge in [0.2, 0.25) is 5.89 Å². The summed E-state index contributed by atoms with van der Waals surface area (Å²) in [5, 5.41) is 0. The molecular weight excluding hydrogens is 382 g/mol. The summed E-state index contributed by atoms with van der Waals surface area (Å²) >= 11 is 0. The molecule has 0 aliphatic carbocycles. The van der Waals surface area contributed by atoms with Gasteiger partial charge in [0, 0.05) is 5.56 Å². The zero-order valence-corrected chi connectivity index (χ0v) is 18.2. The molecule has 0 aliphatic heterocycles. The Kier molecular flexibility index (Phi) is 8.94. The molecule has 0 amide bonds. The van der Waals surface area contributed by atoms with Crippen LogP contribution in [0.5, 0.6) is 11.5 Å². The molecule has 6 heteroatoms. The number of hydrogen-bond acceptors (Lipinski definition) is 6. The number of aromatic nitrogens is 1. The lowest BCUT2D eigenvalue weighted by atomic mass is 10.1. The van der Waals surface area contributed by atoms with Crippen molar-refractivity contribution in [1.29, 1.82) is 0 Å². The minimum absolute atomic E-state index is 0.129. The van der Waals surface area contributed by atoms with Gasteiger partial charge in [-0.2, -0.15) is 0 Å². The average Bonchev–Trinajstić information content (AvgIpc) is 3.27. The van der Waals surface area contributed by atoms with E-state index in [1.165, 1.54) is 12.7 Å². The van der Waals surface area contributed by atoms with Gasteiger partial charge in [-0.05, 0) is 42.7 Å². The zero-order chi connectivity index (χ0) is 21.9. The number of carbonyl (C=O) groups excluding carboxylic acids is 1. The summed E-state index contributed by atoms with van der Waals surface area (Å²) in [4.78, 5) is 15.5. The smallest absolute Gasteiger partial charge is 0.343 e. The van der Waals surface area contributed by atoms with E-state index in [4.69, 9.17) is 13.9 Å². The van der Waals surface area contributed by atoms with Gasteiger partial charge in [-0.1, -0.05) is 45.0 Å². The van der Waals surface area contributed by atoms with Crippen molar-refractivity contribution < 1.29 is 23.4 Å². The van der Waals surface area contributed by atoms with E-state index in [9.17, 15) is 4.79 Å². The van der Waals surface area contributed by atoms with Crippen molar-refractivity contribution in [1.82, 2.24) is 4.98 Å². The summed E-state index contributed by atoms with van der Waals surface area (Å²) in [5.74, 6) is 2.05. The molecule has 3 rings (SSSR count). The molecule has 0 radical (unpaired) electrons. The SMILES string of the molecule is CC.CCc1ccc(-c2cnc(COc3ccc(OCC(=O)OC)c(C)c3)o2)cc1. The third kappa shape index (κ3) is 6.37. The first-order valence-electron chi connectivity index (χ1n) is 10.1. The third-order valence-electron chi connectivity index (χ3n) is 4.28. The van der Waals surface area contributed by atoms with Crippen LogP contribution in [-0.2, 0) is 22.6 Å². The van der Waals surface area contributed by atoms with Crippen LogP contribution in [0.4, 0.5) is 0 Å². The van der Waals surface area contributed by atoms with Gasteiger partial charge in [0.25, 0.3) is 0 Å². The minimum Gasteiger partial charge on any atom is -0.484 e. The standard InChI is InChI=1S/C22H23NO5.C2H6/c1-4-16-5-7-17(8-6-16)20-12-23-21(28-20)13-26-18-9-10-19(15(2)11-18)27-14-22(24)25-3;1-2/h5-12H,4,13-14H2,1-3H3;1-2H3. The summed E-state index contributed by atoms with van der Waals surface area (Å²) in [6.07, 6.45) is 2.70. The first-order valence-corrected chi connectivity index (χ1v) is 10.1. The fraction of sp³-hybridized carbons (Fsp3) is 0.333. The Morgan fingerprint density at radius 3 is 2.43 bits per heavy atom. The van der Waals surface area contributed by atoms with E-state index < -0.39 is 5.97 Å². The van der Waals surface area contributed by atoms with Crippen LogP contribution in [0.3, 0.4) is 0 Å². The highest BCUT2D eigenvalue weighted by Crippen LogP contribution is 2.25. The molecule has 0 atom stereocenters. The Balaban J connectivity index is 0.00000155. The number of aryl methyl sites for hydroxylation is 2. The van der Waals surface area contributed by atoms with Crippen LogP contribution in [0.2, 0.25) is 0 Å². The molecule has 160 valence electrons. The number of nitrogens with zero attached hydrogens (tertiary/aromatic N) is 1. The minimum atomic E-state index is -0.427. The number of esters is 1. The number of carbonyl (C=O) groups is 1. The summed E-state index contributed by atoms with van der Waals surface area (Å²) in [7, 11) is 1.32. The maximum Gasteiger partial charge on any atom is 0.343 e. The number of rotatable bonds is 8. The van der Waals surface area contributed by atoms with E-state index in [-0.39, 0.29) is 13.2 Å². The van der Waals surface area contributed by atoms with Gasteiger partial charge in [-0.25, -0.2) is 9.78 Å². The van der Waals surface area contributed by atoms with Gasteiger partial charge in [0.1, 0.15) is 11.5 Å². The molecule has 6 nitrogen and oxygen atoms in total. The summed E-state index contributed by atoms with van der Waals surface area (Å²) in [6, 6.07) is 13.6. The van der Waals surface area contributed by atoms with E-state index >= 15 is 0 Å². The highest BCUT2D eigenvalue weighted by Gasteiger charge is 2.09. The second-order valence-electron chi connectivity index (χ2n) is 6.25. The largest absolute Gasteiger partial charge is 0.484 e. The van der Waals surface area contributed by atoms with Gasteiger partial charge in [-0.15, -0.1) is 0 Å². The molecule has 3 aromatic rings. The van der Waals surface area contributed by atoms with E-state index in [1.54, 1.807) is 18.3 Å². The van der Waals surface area contributed by atoms with E-state index in [0.29, 0.717) is 23.1 Å². The highest BCUT2D eigenvalue weighted by molar-refractivity contribution is 5.71. The van der Waals surface area contributed by atoms with Crippen LogP contribution in [-0.4, -0.2) is 24.7 Å². The molecule has 30 heavy (non-hydrogen) atoms. The molecule has 0 saturated carbocycles. The molecule has 1 heterocycles. The topological polar surface area (TPSA) is 70.8 Å². The molecule has 0 aliphatic rings. The first-order chi connectivity index (χ1) is 14.6. The Hall–Kier alpha value is -3.28. The lowest BCUT2D eigenvalue weighted by Crippen LogP contribution is -2.13. The average molecular weight is 411 g/mol. The third-order valence-corrected chi connectivity index (χ3v) is 4.28. The monoisotopic (exact) mass is 411 g/mol. The van der Waals surface area contributed by atoms with Crippen LogP contribution in [0, 0.1) is 6.92 Å². The summed E-state index contributed by atoms with van der Waals surface area (Å²) in [5.41, 5.74) is 3.12. The Morgan fingerprint density at radius 2 is 1.80 bits per heavy atom. The van der Waals surface area contributed by atoms with E-state index in [0.717, 1.165) is 17.5 Å². The summed E-state index contributed by atoms with van der Waals surface area (Å²) < 4.78 is 21.5. The Labute approximate surface area is 177 Å². The number of methoxy groups -OCH3 is 1. The van der Waals surface area contributed by atoms with Crippen LogP contribution in [0.1, 0.15) is 37.8 Å². The fourth-order valence-corrected chi connectivity index (χ4v) is 2.63. The van der Waals surface area contributed by atoms with Gasteiger partial charge in [-0.3, -0.25) is 0 Å². The molecule has 0 bridgehead atoms. The van der Waals surface area contributed by atoms with Crippen molar-refractivity contribution in [3.63, 3.8) is 0 Å². The first kappa shape index (κ1) is 23.0.